The first-order valence-corrected chi connectivity index (χ1v) is 7.95. The van der Waals surface area contributed by atoms with Gasteiger partial charge in [0.1, 0.15) is 5.82 Å². The third-order valence-corrected chi connectivity index (χ3v) is 4.12. The number of hydrogen-bond acceptors (Lipinski definition) is 3. The van der Waals surface area contributed by atoms with Crippen molar-refractivity contribution in [3.8, 4) is 0 Å². The zero-order chi connectivity index (χ0) is 15.4. The average Bonchev–Trinajstić information content (AvgIpc) is 2.75. The molecule has 22 heavy (non-hydrogen) atoms. The van der Waals surface area contributed by atoms with Gasteiger partial charge in [-0.3, -0.25) is 4.79 Å². The van der Waals surface area contributed by atoms with Crippen LogP contribution in [0.2, 0.25) is 0 Å². The second-order valence-electron chi connectivity index (χ2n) is 5.93. The Balaban J connectivity index is 1.57. The normalized spacial score (nSPS) is 14.2. The van der Waals surface area contributed by atoms with E-state index < -0.39 is 0 Å². The predicted molar refractivity (Wildman–Crippen MR) is 84.3 cm³/mol. The smallest absolute Gasteiger partial charge is 0.224 e. The van der Waals surface area contributed by atoms with Gasteiger partial charge in [0, 0.05) is 13.0 Å². The SMILES string of the molecule is Cc1ccc(CC(=O)NCc2nnc3n2CCCCC3)cc1. The summed E-state index contributed by atoms with van der Waals surface area (Å²) in [6.07, 6.45) is 4.97. The fourth-order valence-corrected chi connectivity index (χ4v) is 2.81. The fraction of sp³-hybridized carbons (Fsp3) is 0.471. The van der Waals surface area contributed by atoms with Gasteiger partial charge in [0.2, 0.25) is 5.91 Å². The minimum Gasteiger partial charge on any atom is -0.349 e. The number of nitrogens with zero attached hydrogens (tertiary/aromatic N) is 3. The first kappa shape index (κ1) is 14.8. The molecule has 3 rings (SSSR count). The highest BCUT2D eigenvalue weighted by molar-refractivity contribution is 5.78. The van der Waals surface area contributed by atoms with E-state index in [2.05, 4.69) is 20.1 Å². The molecule has 2 aromatic rings. The van der Waals surface area contributed by atoms with Crippen LogP contribution >= 0.6 is 0 Å². The summed E-state index contributed by atoms with van der Waals surface area (Å²) >= 11 is 0. The van der Waals surface area contributed by atoms with Crippen LogP contribution in [-0.2, 0) is 30.7 Å². The highest BCUT2D eigenvalue weighted by atomic mass is 16.1. The van der Waals surface area contributed by atoms with E-state index in [0.29, 0.717) is 13.0 Å². The molecule has 0 atom stereocenters. The van der Waals surface area contributed by atoms with Crippen LogP contribution < -0.4 is 5.32 Å². The summed E-state index contributed by atoms with van der Waals surface area (Å²) in [4.78, 5) is 12.1. The highest BCUT2D eigenvalue weighted by Crippen LogP contribution is 2.14. The van der Waals surface area contributed by atoms with Crippen molar-refractivity contribution in [2.24, 2.45) is 0 Å². The average molecular weight is 298 g/mol. The van der Waals surface area contributed by atoms with Crippen molar-refractivity contribution < 1.29 is 4.79 Å². The van der Waals surface area contributed by atoms with E-state index in [4.69, 9.17) is 0 Å². The summed E-state index contributed by atoms with van der Waals surface area (Å²) in [6.45, 7) is 3.46. The Morgan fingerprint density at radius 3 is 2.82 bits per heavy atom. The van der Waals surface area contributed by atoms with Crippen molar-refractivity contribution in [2.75, 3.05) is 0 Å². The number of benzene rings is 1. The number of hydrogen-bond donors (Lipinski definition) is 1. The topological polar surface area (TPSA) is 59.8 Å². The lowest BCUT2D eigenvalue weighted by atomic mass is 10.1. The molecule has 0 spiro atoms. The van der Waals surface area contributed by atoms with E-state index >= 15 is 0 Å². The number of rotatable bonds is 4. The predicted octanol–water partition coefficient (Wildman–Crippen LogP) is 2.17. The highest BCUT2D eigenvalue weighted by Gasteiger charge is 2.15. The van der Waals surface area contributed by atoms with Crippen LogP contribution in [0.4, 0.5) is 0 Å². The maximum atomic E-state index is 12.1. The molecule has 0 saturated heterocycles. The van der Waals surface area contributed by atoms with E-state index in [9.17, 15) is 4.79 Å². The molecule has 5 nitrogen and oxygen atoms in total. The van der Waals surface area contributed by atoms with E-state index in [-0.39, 0.29) is 5.91 Å². The van der Waals surface area contributed by atoms with Gasteiger partial charge in [0.05, 0.1) is 13.0 Å². The summed E-state index contributed by atoms with van der Waals surface area (Å²) in [5, 5.41) is 11.4. The molecule has 0 fully saturated rings. The molecule has 1 amide bonds. The lowest BCUT2D eigenvalue weighted by Gasteiger charge is -2.08. The molecule has 0 aliphatic carbocycles. The van der Waals surface area contributed by atoms with Crippen LogP contribution in [0.1, 0.15) is 42.0 Å². The summed E-state index contributed by atoms with van der Waals surface area (Å²) < 4.78 is 2.17. The van der Waals surface area contributed by atoms with Gasteiger partial charge >= 0.3 is 0 Å². The number of aryl methyl sites for hydroxylation is 2. The van der Waals surface area contributed by atoms with Crippen molar-refractivity contribution in [1.29, 1.82) is 0 Å². The molecule has 1 N–H and O–H groups in total. The number of fused-ring (bicyclic) bond motifs is 1. The number of carbonyl (C=O) groups excluding carboxylic acids is 1. The van der Waals surface area contributed by atoms with Crippen LogP contribution in [-0.4, -0.2) is 20.7 Å². The van der Waals surface area contributed by atoms with Crippen molar-refractivity contribution in [3.05, 3.63) is 47.0 Å². The minimum atomic E-state index is 0.0230. The fourth-order valence-electron chi connectivity index (χ4n) is 2.81. The summed E-state index contributed by atoms with van der Waals surface area (Å²) in [5.41, 5.74) is 2.23. The Bertz CT molecular complexity index is 645. The second kappa shape index (κ2) is 6.73. The summed E-state index contributed by atoms with van der Waals surface area (Å²) in [6, 6.07) is 8.05. The molecule has 5 heteroatoms. The Morgan fingerprint density at radius 1 is 1.18 bits per heavy atom. The van der Waals surface area contributed by atoms with Gasteiger partial charge in [0.25, 0.3) is 0 Å². The Labute approximate surface area is 130 Å². The van der Waals surface area contributed by atoms with E-state index in [1.54, 1.807) is 0 Å². The van der Waals surface area contributed by atoms with E-state index in [0.717, 1.165) is 36.6 Å². The monoisotopic (exact) mass is 298 g/mol. The molecule has 1 aliphatic rings. The molecule has 0 unspecified atom stereocenters. The van der Waals surface area contributed by atoms with Gasteiger partial charge in [-0.25, -0.2) is 0 Å². The van der Waals surface area contributed by atoms with Gasteiger partial charge in [0.15, 0.2) is 5.82 Å². The van der Waals surface area contributed by atoms with Gasteiger partial charge in [-0.2, -0.15) is 0 Å². The second-order valence-corrected chi connectivity index (χ2v) is 5.93. The van der Waals surface area contributed by atoms with Gasteiger partial charge in [-0.05, 0) is 25.3 Å². The molecular formula is C17H22N4O. The third-order valence-electron chi connectivity index (χ3n) is 4.12. The van der Waals surface area contributed by atoms with Gasteiger partial charge in [-0.1, -0.05) is 36.2 Å². The molecule has 1 aromatic carbocycles. The molecule has 1 aromatic heterocycles. The van der Waals surface area contributed by atoms with Crippen molar-refractivity contribution in [1.82, 2.24) is 20.1 Å². The molecule has 0 bridgehead atoms. The Hall–Kier alpha value is -2.17. The third kappa shape index (κ3) is 3.53. The first-order chi connectivity index (χ1) is 10.7. The Morgan fingerprint density at radius 2 is 2.00 bits per heavy atom. The zero-order valence-electron chi connectivity index (χ0n) is 13.0. The quantitative estimate of drug-likeness (QED) is 0.941. The number of carbonyl (C=O) groups is 1. The lowest BCUT2D eigenvalue weighted by molar-refractivity contribution is -0.120. The molecular weight excluding hydrogens is 276 g/mol. The summed E-state index contributed by atoms with van der Waals surface area (Å²) in [5.74, 6) is 1.95. The molecule has 0 radical (unpaired) electrons. The number of amides is 1. The largest absolute Gasteiger partial charge is 0.349 e. The number of nitrogens with one attached hydrogen (secondary N) is 1. The van der Waals surface area contributed by atoms with E-state index in [1.807, 2.05) is 31.2 Å². The van der Waals surface area contributed by atoms with E-state index in [1.165, 1.54) is 18.4 Å². The van der Waals surface area contributed by atoms with Crippen LogP contribution in [0.25, 0.3) is 0 Å². The zero-order valence-corrected chi connectivity index (χ0v) is 13.0. The van der Waals surface area contributed by atoms with Crippen molar-refractivity contribution >= 4 is 5.91 Å². The molecule has 116 valence electrons. The molecule has 2 heterocycles. The Kier molecular flexibility index (Phi) is 4.51. The van der Waals surface area contributed by atoms with Gasteiger partial charge < -0.3 is 9.88 Å². The van der Waals surface area contributed by atoms with Crippen LogP contribution in [0, 0.1) is 6.92 Å². The minimum absolute atomic E-state index is 0.0230. The van der Waals surface area contributed by atoms with Crippen LogP contribution in [0.5, 0.6) is 0 Å². The molecule has 1 aliphatic heterocycles. The van der Waals surface area contributed by atoms with Crippen molar-refractivity contribution in [3.63, 3.8) is 0 Å². The lowest BCUT2D eigenvalue weighted by Crippen LogP contribution is -2.26. The first-order valence-electron chi connectivity index (χ1n) is 7.95. The standard InChI is InChI=1S/C17H22N4O/c1-13-6-8-14(9-7-13)11-17(22)18-12-16-20-19-15-5-3-2-4-10-21(15)16/h6-9H,2-5,10-12H2,1H3,(H,18,22). The summed E-state index contributed by atoms with van der Waals surface area (Å²) in [7, 11) is 0. The van der Waals surface area contributed by atoms with Crippen LogP contribution in [0.15, 0.2) is 24.3 Å². The maximum absolute atomic E-state index is 12.1. The van der Waals surface area contributed by atoms with Crippen LogP contribution in [0.3, 0.4) is 0 Å². The molecule has 0 saturated carbocycles. The number of aromatic nitrogens is 3. The maximum Gasteiger partial charge on any atom is 0.224 e. The van der Waals surface area contributed by atoms with Crippen molar-refractivity contribution in [2.45, 2.75) is 52.1 Å². The van der Waals surface area contributed by atoms with Gasteiger partial charge in [-0.15, -0.1) is 10.2 Å².